The van der Waals surface area contributed by atoms with Crippen molar-refractivity contribution in [3.05, 3.63) is 58.9 Å². The van der Waals surface area contributed by atoms with Crippen molar-refractivity contribution in [1.29, 1.82) is 0 Å². The Morgan fingerprint density at radius 1 is 1.25 bits per heavy atom. The number of nitrogen functional groups attached to an aromatic ring is 1. The van der Waals surface area contributed by atoms with Crippen LogP contribution in [-0.2, 0) is 6.42 Å². The highest BCUT2D eigenvalue weighted by atomic mass is 19.1. The molecule has 0 saturated heterocycles. The third-order valence-corrected chi connectivity index (χ3v) is 3.09. The summed E-state index contributed by atoms with van der Waals surface area (Å²) in [6.45, 7) is 3.76. The standard InChI is InChI=1S/C16H17FN2O/c1-3-11-4-5-14(9-15(11)18)19-16(20)12-6-10(2)7-13(17)8-12/h4-9H,3,18H2,1-2H3,(H,19,20). The fraction of sp³-hybridized carbons (Fsp3) is 0.188. The van der Waals surface area contributed by atoms with Gasteiger partial charge in [-0.1, -0.05) is 13.0 Å². The Morgan fingerprint density at radius 3 is 2.60 bits per heavy atom. The number of hydrogen-bond donors (Lipinski definition) is 2. The zero-order chi connectivity index (χ0) is 14.7. The van der Waals surface area contributed by atoms with Gasteiger partial charge in [-0.25, -0.2) is 4.39 Å². The second-order valence-electron chi connectivity index (χ2n) is 4.74. The monoisotopic (exact) mass is 272 g/mol. The van der Waals surface area contributed by atoms with Crippen LogP contribution in [0.3, 0.4) is 0 Å². The van der Waals surface area contributed by atoms with Gasteiger partial charge in [0.1, 0.15) is 5.82 Å². The van der Waals surface area contributed by atoms with E-state index in [1.807, 2.05) is 13.0 Å². The van der Waals surface area contributed by atoms with Crippen molar-refractivity contribution in [3.8, 4) is 0 Å². The molecule has 4 heteroatoms. The first-order chi connectivity index (χ1) is 9.49. The molecule has 0 fully saturated rings. The van der Waals surface area contributed by atoms with Gasteiger partial charge in [0.15, 0.2) is 0 Å². The van der Waals surface area contributed by atoms with E-state index >= 15 is 0 Å². The summed E-state index contributed by atoms with van der Waals surface area (Å²) in [6.07, 6.45) is 0.836. The minimum Gasteiger partial charge on any atom is -0.398 e. The van der Waals surface area contributed by atoms with Crippen molar-refractivity contribution in [1.82, 2.24) is 0 Å². The molecule has 3 N–H and O–H groups in total. The number of hydrogen-bond acceptors (Lipinski definition) is 2. The summed E-state index contributed by atoms with van der Waals surface area (Å²) in [5.41, 5.74) is 9.16. The summed E-state index contributed by atoms with van der Waals surface area (Å²) >= 11 is 0. The average Bonchev–Trinajstić information content (AvgIpc) is 2.37. The summed E-state index contributed by atoms with van der Waals surface area (Å²) in [5, 5.41) is 2.72. The van der Waals surface area contributed by atoms with Crippen LogP contribution in [0.1, 0.15) is 28.4 Å². The van der Waals surface area contributed by atoms with Gasteiger partial charge in [-0.3, -0.25) is 4.79 Å². The molecule has 2 aromatic rings. The number of amides is 1. The third kappa shape index (κ3) is 3.15. The molecule has 0 atom stereocenters. The van der Waals surface area contributed by atoms with E-state index in [0.29, 0.717) is 22.5 Å². The average molecular weight is 272 g/mol. The van der Waals surface area contributed by atoms with Crippen molar-refractivity contribution in [3.63, 3.8) is 0 Å². The molecule has 0 aliphatic heterocycles. The lowest BCUT2D eigenvalue weighted by Gasteiger charge is -2.09. The Morgan fingerprint density at radius 2 is 2.00 bits per heavy atom. The van der Waals surface area contributed by atoms with Crippen LogP contribution in [0.4, 0.5) is 15.8 Å². The lowest BCUT2D eigenvalue weighted by atomic mass is 10.1. The van der Waals surface area contributed by atoms with E-state index in [0.717, 1.165) is 12.0 Å². The SMILES string of the molecule is CCc1ccc(NC(=O)c2cc(C)cc(F)c2)cc1N. The fourth-order valence-electron chi connectivity index (χ4n) is 2.07. The maximum Gasteiger partial charge on any atom is 0.255 e. The van der Waals surface area contributed by atoms with Crippen LogP contribution in [0.25, 0.3) is 0 Å². The molecule has 20 heavy (non-hydrogen) atoms. The van der Waals surface area contributed by atoms with Crippen LogP contribution >= 0.6 is 0 Å². The van der Waals surface area contributed by atoms with E-state index in [1.54, 1.807) is 25.1 Å². The summed E-state index contributed by atoms with van der Waals surface area (Å²) in [5.74, 6) is -0.771. The third-order valence-electron chi connectivity index (χ3n) is 3.09. The van der Waals surface area contributed by atoms with E-state index in [4.69, 9.17) is 5.73 Å². The minimum absolute atomic E-state index is 0.292. The minimum atomic E-state index is -0.420. The first kappa shape index (κ1) is 14.1. The number of nitrogens with one attached hydrogen (secondary N) is 1. The number of carbonyl (C=O) groups excluding carboxylic acids is 1. The lowest BCUT2D eigenvalue weighted by molar-refractivity contribution is 0.102. The van der Waals surface area contributed by atoms with Gasteiger partial charge < -0.3 is 11.1 Å². The normalized spacial score (nSPS) is 10.3. The van der Waals surface area contributed by atoms with Crippen molar-refractivity contribution in [2.45, 2.75) is 20.3 Å². The molecule has 0 heterocycles. The molecule has 0 radical (unpaired) electrons. The van der Waals surface area contributed by atoms with Crippen molar-refractivity contribution in [2.24, 2.45) is 0 Å². The van der Waals surface area contributed by atoms with Crippen LogP contribution in [0.5, 0.6) is 0 Å². The second kappa shape index (κ2) is 5.74. The largest absolute Gasteiger partial charge is 0.398 e. The highest BCUT2D eigenvalue weighted by Crippen LogP contribution is 2.19. The summed E-state index contributed by atoms with van der Waals surface area (Å²) in [4.78, 5) is 12.1. The Kier molecular flexibility index (Phi) is 4.03. The number of rotatable bonds is 3. The maximum absolute atomic E-state index is 13.3. The molecule has 0 bridgehead atoms. The molecule has 2 aromatic carbocycles. The second-order valence-corrected chi connectivity index (χ2v) is 4.74. The Bertz CT molecular complexity index is 633. The van der Waals surface area contributed by atoms with E-state index < -0.39 is 5.82 Å². The topological polar surface area (TPSA) is 55.1 Å². The Balaban J connectivity index is 2.21. The molecule has 3 nitrogen and oxygen atoms in total. The number of nitrogens with two attached hydrogens (primary N) is 1. The highest BCUT2D eigenvalue weighted by molar-refractivity contribution is 6.04. The lowest BCUT2D eigenvalue weighted by Crippen LogP contribution is -2.12. The highest BCUT2D eigenvalue weighted by Gasteiger charge is 2.09. The smallest absolute Gasteiger partial charge is 0.255 e. The maximum atomic E-state index is 13.3. The van der Waals surface area contributed by atoms with Gasteiger partial charge in [0.25, 0.3) is 5.91 Å². The summed E-state index contributed by atoms with van der Waals surface area (Å²) in [7, 11) is 0. The number of carbonyl (C=O) groups is 1. The molecule has 0 saturated carbocycles. The van der Waals surface area contributed by atoms with Gasteiger partial charge >= 0.3 is 0 Å². The van der Waals surface area contributed by atoms with Crippen LogP contribution in [0.2, 0.25) is 0 Å². The number of anilines is 2. The number of halogens is 1. The van der Waals surface area contributed by atoms with Gasteiger partial charge in [0.05, 0.1) is 0 Å². The zero-order valence-electron chi connectivity index (χ0n) is 11.5. The molecule has 0 aromatic heterocycles. The number of aryl methyl sites for hydroxylation is 2. The first-order valence-electron chi connectivity index (χ1n) is 6.46. The van der Waals surface area contributed by atoms with Crippen LogP contribution in [0, 0.1) is 12.7 Å². The zero-order valence-corrected chi connectivity index (χ0v) is 11.5. The predicted molar refractivity (Wildman–Crippen MR) is 79.3 cm³/mol. The molecule has 1 amide bonds. The van der Waals surface area contributed by atoms with E-state index in [2.05, 4.69) is 5.32 Å². The molecule has 0 aliphatic carbocycles. The molecular formula is C16H17FN2O. The molecule has 0 aliphatic rings. The van der Waals surface area contributed by atoms with E-state index in [1.165, 1.54) is 12.1 Å². The van der Waals surface area contributed by atoms with Gasteiger partial charge in [-0.15, -0.1) is 0 Å². The molecule has 0 spiro atoms. The predicted octanol–water partition coefficient (Wildman–Crippen LogP) is 3.53. The van der Waals surface area contributed by atoms with Crippen molar-refractivity contribution < 1.29 is 9.18 Å². The first-order valence-corrected chi connectivity index (χ1v) is 6.46. The fourth-order valence-corrected chi connectivity index (χ4v) is 2.07. The molecule has 0 unspecified atom stereocenters. The molecule has 104 valence electrons. The van der Waals surface area contributed by atoms with Gasteiger partial charge in [0.2, 0.25) is 0 Å². The Hall–Kier alpha value is -2.36. The van der Waals surface area contributed by atoms with E-state index in [-0.39, 0.29) is 5.91 Å². The number of benzene rings is 2. The quantitative estimate of drug-likeness (QED) is 0.840. The van der Waals surface area contributed by atoms with E-state index in [9.17, 15) is 9.18 Å². The summed E-state index contributed by atoms with van der Waals surface area (Å²) < 4.78 is 13.3. The molecular weight excluding hydrogens is 255 g/mol. The van der Waals surface area contributed by atoms with Gasteiger partial charge in [-0.05, 0) is 54.8 Å². The van der Waals surface area contributed by atoms with Gasteiger partial charge in [0, 0.05) is 16.9 Å². The van der Waals surface area contributed by atoms with Crippen molar-refractivity contribution in [2.75, 3.05) is 11.1 Å². The van der Waals surface area contributed by atoms with Gasteiger partial charge in [-0.2, -0.15) is 0 Å². The Labute approximate surface area is 117 Å². The van der Waals surface area contributed by atoms with Crippen LogP contribution in [0.15, 0.2) is 36.4 Å². The summed E-state index contributed by atoms with van der Waals surface area (Å²) in [6, 6.07) is 9.61. The van der Waals surface area contributed by atoms with Crippen LogP contribution in [-0.4, -0.2) is 5.91 Å². The van der Waals surface area contributed by atoms with Crippen LogP contribution < -0.4 is 11.1 Å². The molecule has 2 rings (SSSR count). The van der Waals surface area contributed by atoms with Crippen molar-refractivity contribution >= 4 is 17.3 Å².